The Kier molecular flexibility index (Phi) is 5.17. The number of carbonyl (C=O) groups excluding carboxylic acids is 2. The van der Waals surface area contributed by atoms with Crippen molar-refractivity contribution in [3.63, 3.8) is 0 Å². The fourth-order valence-electron chi connectivity index (χ4n) is 4.76. The number of hydrogen-bond acceptors (Lipinski definition) is 8. The number of ether oxygens (including phenoxy) is 2. The van der Waals surface area contributed by atoms with E-state index in [1.807, 2.05) is 4.90 Å². The van der Waals surface area contributed by atoms with Crippen LogP contribution in [-0.2, 0) is 19.1 Å². The van der Waals surface area contributed by atoms with Gasteiger partial charge < -0.3 is 19.3 Å². The topological polar surface area (TPSA) is 88.1 Å². The van der Waals surface area contributed by atoms with Gasteiger partial charge in [0.1, 0.15) is 0 Å². The molecule has 1 aromatic heterocycles. The Labute approximate surface area is 173 Å². The number of anilines is 2. The highest BCUT2D eigenvalue weighted by atomic mass is 32.1. The van der Waals surface area contributed by atoms with Crippen molar-refractivity contribution in [3.8, 4) is 0 Å². The first-order chi connectivity index (χ1) is 14.1. The zero-order valence-corrected chi connectivity index (χ0v) is 17.4. The first kappa shape index (κ1) is 19.2. The van der Waals surface area contributed by atoms with E-state index < -0.39 is 5.79 Å². The lowest BCUT2D eigenvalue weighted by molar-refractivity contribution is -0.188. The Bertz CT molecular complexity index is 770. The van der Waals surface area contributed by atoms with Crippen molar-refractivity contribution < 1.29 is 19.1 Å². The van der Waals surface area contributed by atoms with Gasteiger partial charge in [0.2, 0.25) is 22.1 Å². The van der Waals surface area contributed by atoms with E-state index in [1.54, 1.807) is 4.90 Å². The van der Waals surface area contributed by atoms with E-state index in [9.17, 15) is 9.59 Å². The van der Waals surface area contributed by atoms with Gasteiger partial charge >= 0.3 is 0 Å². The molecule has 0 aromatic carbocycles. The van der Waals surface area contributed by atoms with Crippen LogP contribution in [0.15, 0.2) is 0 Å². The maximum Gasteiger partial charge on any atom is 0.228 e. The number of piperidine rings is 2. The number of carbonyl (C=O) groups is 2. The molecule has 10 heteroatoms. The molecule has 5 rings (SSSR count). The van der Waals surface area contributed by atoms with Gasteiger partial charge in [0, 0.05) is 52.0 Å². The van der Waals surface area contributed by atoms with Crippen molar-refractivity contribution in [1.29, 1.82) is 0 Å². The lowest BCUT2D eigenvalue weighted by Gasteiger charge is -2.40. The van der Waals surface area contributed by atoms with Gasteiger partial charge in [0.15, 0.2) is 5.79 Å². The maximum atomic E-state index is 13.1. The zero-order valence-electron chi connectivity index (χ0n) is 16.5. The molecule has 1 atom stereocenters. The van der Waals surface area contributed by atoms with Crippen LogP contribution in [0.5, 0.6) is 0 Å². The van der Waals surface area contributed by atoms with Gasteiger partial charge in [0.05, 0.1) is 19.1 Å². The summed E-state index contributed by atoms with van der Waals surface area (Å²) in [5.41, 5.74) is 0. The highest BCUT2D eigenvalue weighted by Crippen LogP contribution is 2.34. The molecule has 4 saturated heterocycles. The average Bonchev–Trinajstić information content (AvgIpc) is 3.50. The van der Waals surface area contributed by atoms with Crippen LogP contribution < -0.4 is 9.80 Å². The van der Waals surface area contributed by atoms with E-state index >= 15 is 0 Å². The quantitative estimate of drug-likeness (QED) is 0.726. The van der Waals surface area contributed by atoms with Crippen LogP contribution >= 0.6 is 11.3 Å². The number of nitrogens with zero attached hydrogens (tertiary/aromatic N) is 5. The second-order valence-electron chi connectivity index (χ2n) is 8.23. The average molecular weight is 422 g/mol. The van der Waals surface area contributed by atoms with Crippen molar-refractivity contribution in [3.05, 3.63) is 0 Å². The van der Waals surface area contributed by atoms with Gasteiger partial charge in [-0.2, -0.15) is 0 Å². The van der Waals surface area contributed by atoms with Crippen LogP contribution in [0.25, 0.3) is 0 Å². The molecule has 1 spiro atoms. The van der Waals surface area contributed by atoms with Gasteiger partial charge in [-0.3, -0.25) is 14.5 Å². The first-order valence-electron chi connectivity index (χ1n) is 10.6. The third kappa shape index (κ3) is 3.73. The molecule has 0 radical (unpaired) electrons. The smallest absolute Gasteiger partial charge is 0.228 e. The molecule has 4 aliphatic heterocycles. The Morgan fingerprint density at radius 1 is 1.03 bits per heavy atom. The van der Waals surface area contributed by atoms with E-state index in [4.69, 9.17) is 9.47 Å². The molecule has 0 unspecified atom stereocenters. The highest BCUT2D eigenvalue weighted by Gasteiger charge is 2.42. The molecular weight excluding hydrogens is 394 g/mol. The molecule has 29 heavy (non-hydrogen) atoms. The normalized spacial score (nSPS) is 27.2. The van der Waals surface area contributed by atoms with E-state index in [2.05, 4.69) is 15.1 Å². The van der Waals surface area contributed by atoms with Crippen molar-refractivity contribution in [1.82, 2.24) is 15.1 Å². The molecule has 0 saturated carbocycles. The molecule has 4 aliphatic rings. The number of rotatable bonds is 3. The molecule has 0 aliphatic carbocycles. The second kappa shape index (κ2) is 7.81. The maximum absolute atomic E-state index is 13.1. The fourth-order valence-corrected chi connectivity index (χ4v) is 5.68. The van der Waals surface area contributed by atoms with Gasteiger partial charge in [-0.25, -0.2) is 0 Å². The molecule has 1 aromatic rings. The first-order valence-corrected chi connectivity index (χ1v) is 11.4. The molecule has 9 nitrogen and oxygen atoms in total. The molecule has 2 amide bonds. The number of hydrogen-bond donors (Lipinski definition) is 0. The molecule has 5 heterocycles. The summed E-state index contributed by atoms with van der Waals surface area (Å²) < 4.78 is 11.5. The van der Waals surface area contributed by atoms with Crippen molar-refractivity contribution >= 4 is 33.4 Å². The lowest BCUT2D eigenvalue weighted by Crippen LogP contribution is -2.51. The lowest BCUT2D eigenvalue weighted by atomic mass is 9.95. The van der Waals surface area contributed by atoms with Crippen molar-refractivity contribution in [2.24, 2.45) is 5.92 Å². The third-order valence-electron chi connectivity index (χ3n) is 6.40. The van der Waals surface area contributed by atoms with Crippen LogP contribution in [0.3, 0.4) is 0 Å². The molecular formula is C19H27N5O4S. The summed E-state index contributed by atoms with van der Waals surface area (Å²) >= 11 is 1.45. The van der Waals surface area contributed by atoms with Gasteiger partial charge in [-0.15, -0.1) is 10.2 Å². The minimum atomic E-state index is -0.453. The summed E-state index contributed by atoms with van der Waals surface area (Å²) in [6.07, 6.45) is 4.82. The molecule has 0 N–H and O–H groups in total. The Morgan fingerprint density at radius 3 is 2.52 bits per heavy atom. The highest BCUT2D eigenvalue weighted by molar-refractivity contribution is 7.19. The van der Waals surface area contributed by atoms with Crippen LogP contribution in [0, 0.1) is 5.92 Å². The van der Waals surface area contributed by atoms with E-state index in [0.717, 1.165) is 50.3 Å². The number of aromatic nitrogens is 2. The summed E-state index contributed by atoms with van der Waals surface area (Å²) in [6.45, 7) is 4.94. The van der Waals surface area contributed by atoms with E-state index in [0.29, 0.717) is 44.4 Å². The second-order valence-corrected chi connectivity index (χ2v) is 9.17. The Hall–Kier alpha value is -1.78. The Balaban J connectivity index is 1.20. The van der Waals surface area contributed by atoms with E-state index in [1.165, 1.54) is 11.3 Å². The third-order valence-corrected chi connectivity index (χ3v) is 7.41. The predicted molar refractivity (Wildman–Crippen MR) is 107 cm³/mol. The van der Waals surface area contributed by atoms with Crippen LogP contribution in [0.2, 0.25) is 0 Å². The molecule has 158 valence electrons. The van der Waals surface area contributed by atoms with Crippen molar-refractivity contribution in [2.45, 2.75) is 44.3 Å². The van der Waals surface area contributed by atoms with E-state index in [-0.39, 0.29) is 17.7 Å². The standard InChI is InChI=1S/C19H27N5O4S/c25-15-4-2-8-24(15)18-21-20-17(29-18)23-7-1-3-14(13-23)16(26)22-9-5-19(6-10-22)27-11-12-28-19/h14H,1-13H2/t14-/m0/s1. The van der Waals surface area contributed by atoms with Crippen LogP contribution in [-0.4, -0.2) is 78.6 Å². The zero-order chi connectivity index (χ0) is 19.8. The van der Waals surface area contributed by atoms with Gasteiger partial charge in [-0.05, 0) is 19.3 Å². The number of amides is 2. The minimum absolute atomic E-state index is 0.0241. The molecule has 0 bridgehead atoms. The largest absolute Gasteiger partial charge is 0.347 e. The predicted octanol–water partition coefficient (Wildman–Crippen LogP) is 1.25. The van der Waals surface area contributed by atoms with Crippen LogP contribution in [0.4, 0.5) is 10.3 Å². The Morgan fingerprint density at radius 2 is 1.79 bits per heavy atom. The van der Waals surface area contributed by atoms with Crippen LogP contribution in [0.1, 0.15) is 38.5 Å². The SMILES string of the molecule is O=C([C@H]1CCCN(c2nnc(N3CCCC3=O)s2)C1)N1CCC2(CC1)OCCO2. The van der Waals surface area contributed by atoms with Gasteiger partial charge in [0.25, 0.3) is 0 Å². The summed E-state index contributed by atoms with van der Waals surface area (Å²) in [5, 5.41) is 10.0. The van der Waals surface area contributed by atoms with Crippen molar-refractivity contribution in [2.75, 3.05) is 55.7 Å². The summed E-state index contributed by atoms with van der Waals surface area (Å²) in [7, 11) is 0. The monoisotopic (exact) mass is 421 g/mol. The fraction of sp³-hybridized carbons (Fsp3) is 0.789. The summed E-state index contributed by atoms with van der Waals surface area (Å²) in [5.74, 6) is -0.130. The minimum Gasteiger partial charge on any atom is -0.347 e. The number of likely N-dealkylation sites (tertiary alicyclic amines) is 1. The summed E-state index contributed by atoms with van der Waals surface area (Å²) in [4.78, 5) is 30.9. The van der Waals surface area contributed by atoms with Gasteiger partial charge in [-0.1, -0.05) is 11.3 Å². The summed E-state index contributed by atoms with van der Waals surface area (Å²) in [6, 6.07) is 0. The molecule has 4 fully saturated rings.